The van der Waals surface area contributed by atoms with Crippen LogP contribution in [0.15, 0.2) is 41.0 Å². The van der Waals surface area contributed by atoms with Crippen molar-refractivity contribution >= 4 is 28.6 Å². The number of aromatic nitrogens is 1. The van der Waals surface area contributed by atoms with E-state index in [1.54, 1.807) is 49.6 Å². The molecule has 1 aliphatic heterocycles. The van der Waals surface area contributed by atoms with E-state index in [1.807, 2.05) is 17.6 Å². The van der Waals surface area contributed by atoms with Crippen LogP contribution in [-0.2, 0) is 11.3 Å². The predicted octanol–water partition coefficient (Wildman–Crippen LogP) is 4.12. The lowest BCUT2D eigenvalue weighted by molar-refractivity contribution is -0.127. The molecule has 2 amide bonds. The molecule has 2 aromatic heterocycles. The third-order valence-electron chi connectivity index (χ3n) is 6.96. The summed E-state index contributed by atoms with van der Waals surface area (Å²) in [6, 6.07) is 8.98. The van der Waals surface area contributed by atoms with Crippen LogP contribution >= 0.6 is 0 Å². The average molecular weight is 452 g/mol. The summed E-state index contributed by atoms with van der Waals surface area (Å²) in [7, 11) is 3.11. The van der Waals surface area contributed by atoms with Gasteiger partial charge in [-0.3, -0.25) is 14.5 Å². The van der Waals surface area contributed by atoms with Crippen molar-refractivity contribution in [2.75, 3.05) is 19.1 Å². The molecular formula is C25H29N3O5. The Labute approximate surface area is 192 Å². The van der Waals surface area contributed by atoms with E-state index in [-0.39, 0.29) is 17.9 Å². The first-order valence-electron chi connectivity index (χ1n) is 11.4. The minimum absolute atomic E-state index is 0.130. The smallest absolute Gasteiger partial charge is 0.276 e. The summed E-state index contributed by atoms with van der Waals surface area (Å²) < 4.78 is 18.3. The zero-order valence-electron chi connectivity index (χ0n) is 19.2. The summed E-state index contributed by atoms with van der Waals surface area (Å²) in [6.07, 6.45) is 6.95. The fourth-order valence-corrected chi connectivity index (χ4v) is 5.17. The van der Waals surface area contributed by atoms with Gasteiger partial charge >= 0.3 is 0 Å². The molecule has 2 aliphatic rings. The van der Waals surface area contributed by atoms with Crippen molar-refractivity contribution in [3.05, 3.63) is 42.3 Å². The van der Waals surface area contributed by atoms with Crippen molar-refractivity contribution < 1.29 is 23.5 Å². The second-order valence-electron chi connectivity index (χ2n) is 9.05. The molecule has 0 bridgehead atoms. The minimum Gasteiger partial charge on any atom is -0.493 e. The number of benzene rings is 1. The van der Waals surface area contributed by atoms with Gasteiger partial charge in [-0.15, -0.1) is 0 Å². The van der Waals surface area contributed by atoms with Crippen LogP contribution in [0.3, 0.4) is 0 Å². The van der Waals surface area contributed by atoms with Crippen molar-refractivity contribution in [2.24, 2.45) is 0 Å². The molecule has 1 aliphatic carbocycles. The third-order valence-corrected chi connectivity index (χ3v) is 6.96. The molecule has 1 saturated carbocycles. The van der Waals surface area contributed by atoms with E-state index >= 15 is 0 Å². The molecule has 0 spiro atoms. The van der Waals surface area contributed by atoms with E-state index < -0.39 is 5.54 Å². The number of carbonyl (C=O) groups is 2. The summed E-state index contributed by atoms with van der Waals surface area (Å²) in [4.78, 5) is 29.3. The first-order valence-corrected chi connectivity index (χ1v) is 11.4. The Hall–Kier alpha value is -3.42. The highest BCUT2D eigenvalue weighted by atomic mass is 16.5. The number of furan rings is 1. The summed E-state index contributed by atoms with van der Waals surface area (Å²) in [5, 5.41) is 3.24. The highest BCUT2D eigenvalue weighted by molar-refractivity contribution is 6.13. The maximum atomic E-state index is 13.9. The number of nitrogens with zero attached hydrogens (tertiary/aromatic N) is 2. The number of fused-ring (bicyclic) bond motifs is 3. The van der Waals surface area contributed by atoms with Gasteiger partial charge in [0.25, 0.3) is 5.91 Å². The zero-order valence-corrected chi connectivity index (χ0v) is 19.2. The molecule has 8 nitrogen and oxygen atoms in total. The Morgan fingerprint density at radius 2 is 1.85 bits per heavy atom. The summed E-state index contributed by atoms with van der Waals surface area (Å²) in [5.41, 5.74) is 1.35. The number of hydrogen-bond donors (Lipinski definition) is 1. The minimum atomic E-state index is -1.15. The van der Waals surface area contributed by atoms with Gasteiger partial charge in [-0.2, -0.15) is 0 Å². The first-order chi connectivity index (χ1) is 16.0. The number of rotatable bonds is 5. The Balaban J connectivity index is 1.61. The van der Waals surface area contributed by atoms with Crippen molar-refractivity contribution in [2.45, 2.75) is 57.2 Å². The van der Waals surface area contributed by atoms with E-state index in [1.165, 1.54) is 6.42 Å². The van der Waals surface area contributed by atoms with Crippen LogP contribution in [0.2, 0.25) is 0 Å². The number of hydrogen-bond acceptors (Lipinski definition) is 5. The molecular weight excluding hydrogens is 422 g/mol. The number of ether oxygens (including phenoxy) is 2. The fraction of sp³-hybridized carbons (Fsp3) is 0.440. The van der Waals surface area contributed by atoms with Gasteiger partial charge in [0.15, 0.2) is 17.1 Å². The summed E-state index contributed by atoms with van der Waals surface area (Å²) >= 11 is 0. The molecule has 0 radical (unpaired) electrons. The quantitative estimate of drug-likeness (QED) is 0.631. The maximum absolute atomic E-state index is 13.9. The van der Waals surface area contributed by atoms with Gasteiger partial charge in [0.05, 0.1) is 32.5 Å². The van der Waals surface area contributed by atoms with Gasteiger partial charge in [-0.1, -0.05) is 19.3 Å². The monoisotopic (exact) mass is 451 g/mol. The molecule has 1 fully saturated rings. The summed E-state index contributed by atoms with van der Waals surface area (Å²) in [6.45, 7) is 2.14. The molecule has 3 heterocycles. The number of nitrogens with one attached hydrogen (secondary N) is 1. The number of anilines is 1. The first kappa shape index (κ1) is 21.4. The molecule has 174 valence electrons. The normalized spacial score (nSPS) is 21.2. The van der Waals surface area contributed by atoms with Crippen LogP contribution in [0.1, 0.15) is 49.5 Å². The Kier molecular flexibility index (Phi) is 5.31. The van der Waals surface area contributed by atoms with Crippen LogP contribution in [0, 0.1) is 0 Å². The van der Waals surface area contributed by atoms with Crippen LogP contribution in [0.4, 0.5) is 5.69 Å². The lowest BCUT2D eigenvalue weighted by atomic mass is 9.91. The number of amides is 2. The van der Waals surface area contributed by atoms with Crippen LogP contribution in [-0.4, -0.2) is 42.2 Å². The molecule has 1 N–H and O–H groups in total. The topological polar surface area (TPSA) is 85.9 Å². The second kappa shape index (κ2) is 8.17. The zero-order chi connectivity index (χ0) is 23.2. The van der Waals surface area contributed by atoms with Gasteiger partial charge < -0.3 is 23.8 Å². The SMILES string of the molecule is COc1ccc(N2C(=O)c3cc4occc4n3C[C@@]2(C)C(=O)NC2CCCCC2)cc1OC. The third kappa shape index (κ3) is 3.44. The van der Waals surface area contributed by atoms with Gasteiger partial charge in [-0.25, -0.2) is 0 Å². The Morgan fingerprint density at radius 3 is 2.58 bits per heavy atom. The van der Waals surface area contributed by atoms with E-state index in [9.17, 15) is 9.59 Å². The molecule has 33 heavy (non-hydrogen) atoms. The molecule has 1 aromatic carbocycles. The Morgan fingerprint density at radius 1 is 1.09 bits per heavy atom. The molecule has 1 atom stereocenters. The molecule has 5 rings (SSSR count). The lowest BCUT2D eigenvalue weighted by Crippen LogP contribution is -2.65. The number of carbonyl (C=O) groups excluding carboxylic acids is 2. The molecule has 8 heteroatoms. The lowest BCUT2D eigenvalue weighted by Gasteiger charge is -2.44. The standard InChI is InChI=1S/C25H29N3O5/c1-25(24(30)26-16-7-5-4-6-8-16)15-27-18-11-12-33-21(18)14-19(27)23(29)28(25)17-9-10-20(31-2)22(13-17)32-3/h9-14,16H,4-8,15H2,1-3H3,(H,26,30)/t25-/m0/s1. The van der Waals surface area contributed by atoms with Crippen LogP contribution in [0.5, 0.6) is 11.5 Å². The Bertz CT molecular complexity index is 1210. The highest BCUT2D eigenvalue weighted by Crippen LogP contribution is 2.39. The van der Waals surface area contributed by atoms with Gasteiger partial charge in [0.1, 0.15) is 11.2 Å². The van der Waals surface area contributed by atoms with Crippen molar-refractivity contribution in [3.8, 4) is 11.5 Å². The highest BCUT2D eigenvalue weighted by Gasteiger charge is 2.49. The van der Waals surface area contributed by atoms with Crippen molar-refractivity contribution in [1.82, 2.24) is 9.88 Å². The largest absolute Gasteiger partial charge is 0.493 e. The van der Waals surface area contributed by atoms with Gasteiger partial charge in [0, 0.05) is 29.9 Å². The average Bonchev–Trinajstić information content (AvgIpc) is 3.42. The van der Waals surface area contributed by atoms with Crippen molar-refractivity contribution in [3.63, 3.8) is 0 Å². The van der Waals surface area contributed by atoms with E-state index in [0.29, 0.717) is 35.0 Å². The van der Waals surface area contributed by atoms with E-state index in [2.05, 4.69) is 5.32 Å². The van der Waals surface area contributed by atoms with Crippen molar-refractivity contribution in [1.29, 1.82) is 0 Å². The molecule has 3 aromatic rings. The van der Waals surface area contributed by atoms with E-state index in [0.717, 1.165) is 31.2 Å². The fourth-order valence-electron chi connectivity index (χ4n) is 5.17. The summed E-state index contributed by atoms with van der Waals surface area (Å²) in [5.74, 6) is 0.627. The predicted molar refractivity (Wildman–Crippen MR) is 124 cm³/mol. The molecule has 0 unspecified atom stereocenters. The number of methoxy groups -OCH3 is 2. The van der Waals surface area contributed by atoms with Gasteiger partial charge in [-0.05, 0) is 31.9 Å². The second-order valence-corrected chi connectivity index (χ2v) is 9.05. The van der Waals surface area contributed by atoms with E-state index in [4.69, 9.17) is 13.9 Å². The maximum Gasteiger partial charge on any atom is 0.276 e. The molecule has 0 saturated heterocycles. The van der Waals surface area contributed by atoms with Crippen LogP contribution in [0.25, 0.3) is 11.1 Å². The van der Waals surface area contributed by atoms with Crippen LogP contribution < -0.4 is 19.7 Å². The van der Waals surface area contributed by atoms with Gasteiger partial charge in [0.2, 0.25) is 5.91 Å².